The molecule has 11 heteroatoms. The number of piperidine rings is 1. The largest absolute Gasteiger partial charge is 0.270 e. The summed E-state index contributed by atoms with van der Waals surface area (Å²) in [6, 6.07) is 13.0. The first kappa shape index (κ1) is 23.0. The molecule has 1 fully saturated rings. The van der Waals surface area contributed by atoms with Crippen molar-refractivity contribution in [3.8, 4) is 11.3 Å². The predicted octanol–water partition coefficient (Wildman–Crippen LogP) is 4.58. The van der Waals surface area contributed by atoms with Crippen molar-refractivity contribution in [2.75, 3.05) is 18.5 Å². The van der Waals surface area contributed by atoms with E-state index in [1.54, 1.807) is 34.6 Å². The molecule has 2 aromatic carbocycles. The molecule has 1 aromatic heterocycles. The summed E-state index contributed by atoms with van der Waals surface area (Å²) in [7, 11) is -3.54. The topological polar surface area (TPSA) is 118 Å². The van der Waals surface area contributed by atoms with E-state index in [-0.39, 0.29) is 10.6 Å². The summed E-state index contributed by atoms with van der Waals surface area (Å²) in [6.45, 7) is 3.23. The van der Waals surface area contributed by atoms with Crippen molar-refractivity contribution in [3.05, 3.63) is 69.6 Å². The minimum Gasteiger partial charge on any atom is -0.258 e. The average Bonchev–Trinajstić information content (AvgIpc) is 3.29. The van der Waals surface area contributed by atoms with Gasteiger partial charge >= 0.3 is 0 Å². The highest BCUT2D eigenvalue weighted by atomic mass is 32.2. The van der Waals surface area contributed by atoms with Crippen molar-refractivity contribution < 1.29 is 13.3 Å². The number of non-ortho nitro benzene ring substituents is 1. The Kier molecular flexibility index (Phi) is 6.82. The molecule has 1 saturated heterocycles. The molecule has 4 rings (SSSR count). The first-order chi connectivity index (χ1) is 15.8. The zero-order chi connectivity index (χ0) is 23.4. The van der Waals surface area contributed by atoms with Crippen LogP contribution < -0.4 is 5.43 Å². The Bertz CT molecular complexity index is 1280. The van der Waals surface area contributed by atoms with Gasteiger partial charge in [-0.15, -0.1) is 11.3 Å². The van der Waals surface area contributed by atoms with Crippen molar-refractivity contribution in [3.63, 3.8) is 0 Å². The van der Waals surface area contributed by atoms with Crippen molar-refractivity contribution in [2.24, 2.45) is 11.0 Å². The molecule has 3 aromatic rings. The van der Waals surface area contributed by atoms with E-state index >= 15 is 0 Å². The van der Waals surface area contributed by atoms with Gasteiger partial charge in [0.15, 0.2) is 0 Å². The fourth-order valence-electron chi connectivity index (χ4n) is 3.53. The first-order valence-corrected chi connectivity index (χ1v) is 12.7. The Hall–Kier alpha value is -3.15. The van der Waals surface area contributed by atoms with Crippen molar-refractivity contribution in [2.45, 2.75) is 24.7 Å². The second kappa shape index (κ2) is 9.77. The SMILES string of the molecule is CC1CCN(S(=O)(=O)c2cccc(-c3csc(NN=Cc4cccc([N+](=O)[O-])c4)n3)c2)CC1. The summed E-state index contributed by atoms with van der Waals surface area (Å²) in [6.07, 6.45) is 3.22. The second-order valence-corrected chi connectivity index (χ2v) is 10.7. The van der Waals surface area contributed by atoms with Crippen LogP contribution in [-0.2, 0) is 10.0 Å². The van der Waals surface area contributed by atoms with Crippen LogP contribution in [0.2, 0.25) is 0 Å². The Morgan fingerprint density at radius 2 is 1.97 bits per heavy atom. The fourth-order valence-corrected chi connectivity index (χ4v) is 5.71. The van der Waals surface area contributed by atoms with Gasteiger partial charge in [-0.05, 0) is 30.9 Å². The molecule has 1 aliphatic rings. The van der Waals surface area contributed by atoms with Gasteiger partial charge in [0.2, 0.25) is 15.2 Å². The predicted molar refractivity (Wildman–Crippen MR) is 129 cm³/mol. The molecule has 0 aliphatic carbocycles. The smallest absolute Gasteiger partial charge is 0.258 e. The van der Waals surface area contributed by atoms with E-state index in [9.17, 15) is 18.5 Å². The van der Waals surface area contributed by atoms with Gasteiger partial charge in [0.25, 0.3) is 5.69 Å². The zero-order valence-electron chi connectivity index (χ0n) is 17.9. The van der Waals surface area contributed by atoms with Crippen LogP contribution in [0.3, 0.4) is 0 Å². The number of thiazole rings is 1. The molecule has 1 N–H and O–H groups in total. The molecule has 0 bridgehead atoms. The van der Waals surface area contributed by atoms with Crippen LogP contribution in [0.25, 0.3) is 11.3 Å². The van der Waals surface area contributed by atoms with E-state index in [1.807, 2.05) is 11.4 Å². The van der Waals surface area contributed by atoms with E-state index in [0.29, 0.717) is 41.0 Å². The summed E-state index contributed by atoms with van der Waals surface area (Å²) >= 11 is 1.33. The molecular weight excluding hydrogens is 462 g/mol. The lowest BCUT2D eigenvalue weighted by Crippen LogP contribution is -2.37. The highest BCUT2D eigenvalue weighted by Crippen LogP contribution is 2.29. The lowest BCUT2D eigenvalue weighted by Gasteiger charge is -2.29. The number of sulfonamides is 1. The maximum absolute atomic E-state index is 13.1. The van der Waals surface area contributed by atoms with Crippen LogP contribution in [0.5, 0.6) is 0 Å². The quantitative estimate of drug-likeness (QED) is 0.297. The summed E-state index contributed by atoms with van der Waals surface area (Å²) in [5.41, 5.74) is 4.72. The molecule has 33 heavy (non-hydrogen) atoms. The van der Waals surface area contributed by atoms with Crippen LogP contribution in [0.4, 0.5) is 10.8 Å². The van der Waals surface area contributed by atoms with Crippen molar-refractivity contribution >= 4 is 38.4 Å². The van der Waals surface area contributed by atoms with Gasteiger partial charge < -0.3 is 0 Å². The second-order valence-electron chi connectivity index (χ2n) is 7.87. The van der Waals surface area contributed by atoms with Gasteiger partial charge in [0, 0.05) is 41.7 Å². The van der Waals surface area contributed by atoms with Crippen LogP contribution in [-0.4, -0.2) is 41.9 Å². The number of aromatic nitrogens is 1. The maximum atomic E-state index is 13.1. The first-order valence-electron chi connectivity index (χ1n) is 10.4. The molecule has 0 atom stereocenters. The van der Waals surface area contributed by atoms with Gasteiger partial charge in [-0.1, -0.05) is 31.2 Å². The molecule has 0 saturated carbocycles. The molecule has 0 unspecified atom stereocenters. The Morgan fingerprint density at radius 3 is 2.73 bits per heavy atom. The number of nitro benzene ring substituents is 1. The number of hydrazone groups is 1. The summed E-state index contributed by atoms with van der Waals surface area (Å²) in [5.74, 6) is 0.545. The summed E-state index contributed by atoms with van der Waals surface area (Å²) in [4.78, 5) is 15.2. The highest BCUT2D eigenvalue weighted by molar-refractivity contribution is 7.89. The van der Waals surface area contributed by atoms with E-state index in [2.05, 4.69) is 22.4 Å². The monoisotopic (exact) mass is 485 g/mol. The van der Waals surface area contributed by atoms with Crippen LogP contribution in [0.15, 0.2) is 63.9 Å². The number of hydrogen-bond donors (Lipinski definition) is 1. The minimum atomic E-state index is -3.54. The number of benzene rings is 2. The van der Waals surface area contributed by atoms with E-state index in [4.69, 9.17) is 0 Å². The van der Waals surface area contributed by atoms with Gasteiger partial charge in [0.05, 0.1) is 21.7 Å². The number of nitrogens with zero attached hydrogens (tertiary/aromatic N) is 4. The van der Waals surface area contributed by atoms with Crippen LogP contribution >= 0.6 is 11.3 Å². The number of nitro groups is 1. The van der Waals surface area contributed by atoms with Gasteiger partial charge in [0.1, 0.15) is 0 Å². The van der Waals surface area contributed by atoms with E-state index in [1.165, 1.54) is 29.7 Å². The van der Waals surface area contributed by atoms with Crippen molar-refractivity contribution in [1.82, 2.24) is 9.29 Å². The number of hydrogen-bond acceptors (Lipinski definition) is 8. The highest BCUT2D eigenvalue weighted by Gasteiger charge is 2.28. The Morgan fingerprint density at radius 1 is 1.21 bits per heavy atom. The third kappa shape index (κ3) is 5.44. The average molecular weight is 486 g/mol. The number of nitrogens with one attached hydrogen (secondary N) is 1. The lowest BCUT2D eigenvalue weighted by atomic mass is 10.0. The Labute approximate surface area is 196 Å². The van der Waals surface area contributed by atoms with Crippen molar-refractivity contribution in [1.29, 1.82) is 0 Å². The molecule has 0 amide bonds. The maximum Gasteiger partial charge on any atom is 0.270 e. The fraction of sp³-hybridized carbons (Fsp3) is 0.273. The summed E-state index contributed by atoms with van der Waals surface area (Å²) in [5, 5.41) is 17.3. The van der Waals surface area contributed by atoms with Gasteiger partial charge in [-0.25, -0.2) is 13.4 Å². The molecule has 1 aliphatic heterocycles. The zero-order valence-corrected chi connectivity index (χ0v) is 19.6. The van der Waals surface area contributed by atoms with Crippen LogP contribution in [0.1, 0.15) is 25.3 Å². The molecule has 2 heterocycles. The summed E-state index contributed by atoms with van der Waals surface area (Å²) < 4.78 is 27.7. The normalized spacial score (nSPS) is 15.7. The molecule has 172 valence electrons. The third-order valence-electron chi connectivity index (χ3n) is 5.47. The van der Waals surface area contributed by atoms with Gasteiger partial charge in [-0.3, -0.25) is 15.5 Å². The standard InChI is InChI=1S/C22H23N5O4S2/c1-16-8-10-26(11-9-16)33(30,31)20-7-3-5-18(13-20)21-15-32-22(24-21)25-23-14-17-4-2-6-19(12-17)27(28)29/h2-7,12-16H,8-11H2,1H3,(H,24,25). The molecule has 0 radical (unpaired) electrons. The van der Waals surface area contributed by atoms with E-state index < -0.39 is 14.9 Å². The van der Waals surface area contributed by atoms with E-state index in [0.717, 1.165) is 12.8 Å². The lowest BCUT2D eigenvalue weighted by molar-refractivity contribution is -0.384. The van der Waals surface area contributed by atoms with Gasteiger partial charge in [-0.2, -0.15) is 9.41 Å². The minimum absolute atomic E-state index is 0.00983. The Balaban J connectivity index is 1.46. The molecular formula is C22H23N5O4S2. The molecule has 0 spiro atoms. The number of rotatable bonds is 7. The van der Waals surface area contributed by atoms with Crippen LogP contribution in [0, 0.1) is 16.0 Å². The number of anilines is 1. The third-order valence-corrected chi connectivity index (χ3v) is 8.11. The molecule has 9 nitrogen and oxygen atoms in total.